The highest BCUT2D eigenvalue weighted by Crippen LogP contribution is 2.25. The fourth-order valence-corrected chi connectivity index (χ4v) is 3.17. The first-order valence-corrected chi connectivity index (χ1v) is 8.12. The number of hydrogen-bond acceptors (Lipinski definition) is 5. The molecule has 0 aliphatic carbocycles. The van der Waals surface area contributed by atoms with Gasteiger partial charge in [-0.15, -0.1) is 0 Å². The summed E-state index contributed by atoms with van der Waals surface area (Å²) in [5.74, 6) is 1.32. The van der Waals surface area contributed by atoms with Gasteiger partial charge >= 0.3 is 0 Å². The Morgan fingerprint density at radius 2 is 2.30 bits per heavy atom. The Balaban J connectivity index is 2.03. The number of carbonyl (C=O) groups excluding carboxylic acids is 1. The first kappa shape index (κ1) is 17.7. The fourth-order valence-electron chi connectivity index (χ4n) is 3.17. The lowest BCUT2D eigenvalue weighted by Gasteiger charge is -2.38. The largest absolute Gasteiger partial charge is 0.381 e. The van der Waals surface area contributed by atoms with Crippen molar-refractivity contribution in [3.05, 3.63) is 23.9 Å². The number of amides is 1. The first-order chi connectivity index (χ1) is 11.0. The molecule has 1 aromatic heterocycles. The van der Waals surface area contributed by atoms with Gasteiger partial charge in [0.1, 0.15) is 5.82 Å². The first-order valence-electron chi connectivity index (χ1n) is 8.12. The lowest BCUT2D eigenvalue weighted by Crippen LogP contribution is -2.45. The monoisotopic (exact) mass is 320 g/mol. The third-order valence-electron chi connectivity index (χ3n) is 4.51. The zero-order valence-corrected chi connectivity index (χ0v) is 14.6. The van der Waals surface area contributed by atoms with Crippen LogP contribution in [0, 0.1) is 5.92 Å². The minimum Gasteiger partial charge on any atom is -0.381 e. The van der Waals surface area contributed by atoms with E-state index < -0.39 is 0 Å². The van der Waals surface area contributed by atoms with Gasteiger partial charge in [0.25, 0.3) is 0 Å². The molecule has 0 radical (unpaired) electrons. The molecule has 1 aromatic rings. The molecule has 0 bridgehead atoms. The molecule has 128 valence electrons. The van der Waals surface area contributed by atoms with Crippen molar-refractivity contribution in [2.24, 2.45) is 5.92 Å². The van der Waals surface area contributed by atoms with Gasteiger partial charge in [0, 0.05) is 72.0 Å². The second-order valence-corrected chi connectivity index (χ2v) is 6.31. The SMILES string of the molecule is CNc1ncccc1CN1CC[C@@H](OC)[C@H](CC(=O)N(C)C)C1. The molecule has 23 heavy (non-hydrogen) atoms. The Morgan fingerprint density at radius 1 is 1.52 bits per heavy atom. The maximum Gasteiger partial charge on any atom is 0.222 e. The van der Waals surface area contributed by atoms with E-state index in [0.717, 1.165) is 31.9 Å². The van der Waals surface area contributed by atoms with Crippen molar-refractivity contribution in [1.82, 2.24) is 14.8 Å². The van der Waals surface area contributed by atoms with Crippen LogP contribution in [0.5, 0.6) is 0 Å². The summed E-state index contributed by atoms with van der Waals surface area (Å²) in [5.41, 5.74) is 1.18. The molecule has 0 spiro atoms. The smallest absolute Gasteiger partial charge is 0.222 e. The van der Waals surface area contributed by atoms with Crippen LogP contribution in [0.4, 0.5) is 5.82 Å². The number of anilines is 1. The highest BCUT2D eigenvalue weighted by atomic mass is 16.5. The van der Waals surface area contributed by atoms with Crippen molar-refractivity contribution >= 4 is 11.7 Å². The number of nitrogens with zero attached hydrogens (tertiary/aromatic N) is 3. The van der Waals surface area contributed by atoms with E-state index in [9.17, 15) is 4.79 Å². The van der Waals surface area contributed by atoms with Crippen molar-refractivity contribution in [2.45, 2.75) is 25.5 Å². The molecule has 1 fully saturated rings. The van der Waals surface area contributed by atoms with Gasteiger partial charge in [0.05, 0.1) is 6.10 Å². The summed E-state index contributed by atoms with van der Waals surface area (Å²) >= 11 is 0. The summed E-state index contributed by atoms with van der Waals surface area (Å²) in [6.45, 7) is 2.69. The second-order valence-electron chi connectivity index (χ2n) is 6.31. The fraction of sp³-hybridized carbons (Fsp3) is 0.647. The maximum atomic E-state index is 12.1. The minimum atomic E-state index is 0.160. The molecule has 0 saturated carbocycles. The maximum absolute atomic E-state index is 12.1. The van der Waals surface area contributed by atoms with Crippen LogP contribution in [0.2, 0.25) is 0 Å². The Bertz CT molecular complexity index is 521. The van der Waals surface area contributed by atoms with Gasteiger partial charge < -0.3 is 15.0 Å². The summed E-state index contributed by atoms with van der Waals surface area (Å²) in [5, 5.41) is 3.14. The van der Waals surface area contributed by atoms with Crippen LogP contribution in [-0.2, 0) is 16.1 Å². The molecule has 6 nitrogen and oxygen atoms in total. The molecule has 2 heterocycles. The highest BCUT2D eigenvalue weighted by molar-refractivity contribution is 5.75. The van der Waals surface area contributed by atoms with E-state index in [4.69, 9.17) is 4.74 Å². The van der Waals surface area contributed by atoms with Crippen LogP contribution < -0.4 is 5.32 Å². The summed E-state index contributed by atoms with van der Waals surface area (Å²) in [6.07, 6.45) is 3.45. The summed E-state index contributed by atoms with van der Waals surface area (Å²) < 4.78 is 5.61. The molecular weight excluding hydrogens is 292 g/mol. The Kier molecular flexibility index (Phi) is 6.36. The van der Waals surface area contributed by atoms with Crippen molar-refractivity contribution in [1.29, 1.82) is 0 Å². The molecule has 2 atom stereocenters. The topological polar surface area (TPSA) is 57.7 Å². The lowest BCUT2D eigenvalue weighted by atomic mass is 9.90. The molecule has 1 N–H and O–H groups in total. The number of aromatic nitrogens is 1. The average molecular weight is 320 g/mol. The van der Waals surface area contributed by atoms with Gasteiger partial charge in [-0.2, -0.15) is 0 Å². The molecular formula is C17H28N4O2. The van der Waals surface area contributed by atoms with Crippen LogP contribution in [-0.4, -0.2) is 68.1 Å². The quantitative estimate of drug-likeness (QED) is 0.859. The zero-order valence-electron chi connectivity index (χ0n) is 14.6. The van der Waals surface area contributed by atoms with E-state index in [0.29, 0.717) is 6.42 Å². The summed E-state index contributed by atoms with van der Waals surface area (Å²) in [6, 6.07) is 4.06. The number of pyridine rings is 1. The Hall–Kier alpha value is -1.66. The van der Waals surface area contributed by atoms with E-state index in [1.807, 2.05) is 13.1 Å². The van der Waals surface area contributed by atoms with Crippen LogP contribution in [0.3, 0.4) is 0 Å². The van der Waals surface area contributed by atoms with Crippen molar-refractivity contribution in [2.75, 3.05) is 46.7 Å². The third-order valence-corrected chi connectivity index (χ3v) is 4.51. The van der Waals surface area contributed by atoms with Gasteiger partial charge in [-0.1, -0.05) is 6.07 Å². The Labute approximate surface area is 138 Å². The highest BCUT2D eigenvalue weighted by Gasteiger charge is 2.31. The van der Waals surface area contributed by atoms with E-state index in [2.05, 4.69) is 21.3 Å². The van der Waals surface area contributed by atoms with E-state index in [1.165, 1.54) is 5.56 Å². The van der Waals surface area contributed by atoms with Gasteiger partial charge in [-0.25, -0.2) is 4.98 Å². The second kappa shape index (κ2) is 8.26. The number of carbonyl (C=O) groups is 1. The van der Waals surface area contributed by atoms with Crippen LogP contribution >= 0.6 is 0 Å². The van der Waals surface area contributed by atoms with Crippen molar-refractivity contribution in [3.63, 3.8) is 0 Å². The van der Waals surface area contributed by atoms with Crippen LogP contribution in [0.1, 0.15) is 18.4 Å². The normalized spacial score (nSPS) is 21.9. The van der Waals surface area contributed by atoms with E-state index in [-0.39, 0.29) is 17.9 Å². The molecule has 6 heteroatoms. The number of piperidine rings is 1. The summed E-state index contributed by atoms with van der Waals surface area (Å²) in [7, 11) is 7.24. The summed E-state index contributed by atoms with van der Waals surface area (Å²) in [4.78, 5) is 20.5. The molecule has 1 amide bonds. The third kappa shape index (κ3) is 4.65. The zero-order chi connectivity index (χ0) is 16.8. The van der Waals surface area contributed by atoms with Gasteiger partial charge in [-0.3, -0.25) is 9.69 Å². The van der Waals surface area contributed by atoms with Gasteiger partial charge in [0.15, 0.2) is 0 Å². The van der Waals surface area contributed by atoms with Gasteiger partial charge in [-0.05, 0) is 12.5 Å². The van der Waals surface area contributed by atoms with Crippen molar-refractivity contribution < 1.29 is 9.53 Å². The van der Waals surface area contributed by atoms with E-state index in [1.54, 1.807) is 32.3 Å². The number of hydrogen-bond donors (Lipinski definition) is 1. The predicted molar refractivity (Wildman–Crippen MR) is 91.3 cm³/mol. The lowest BCUT2D eigenvalue weighted by molar-refractivity contribution is -0.132. The average Bonchev–Trinajstić information content (AvgIpc) is 2.55. The molecule has 2 rings (SSSR count). The number of ether oxygens (including phenoxy) is 1. The number of nitrogens with one attached hydrogen (secondary N) is 1. The number of methoxy groups -OCH3 is 1. The predicted octanol–water partition coefficient (Wildman–Crippen LogP) is 1.44. The minimum absolute atomic E-state index is 0.160. The van der Waals surface area contributed by atoms with Crippen LogP contribution in [0.25, 0.3) is 0 Å². The Morgan fingerprint density at radius 3 is 2.96 bits per heavy atom. The van der Waals surface area contributed by atoms with Gasteiger partial charge in [0.2, 0.25) is 5.91 Å². The van der Waals surface area contributed by atoms with Crippen LogP contribution in [0.15, 0.2) is 18.3 Å². The standard InChI is InChI=1S/C17H28N4O2/c1-18-17-13(6-5-8-19-17)11-21-9-7-15(23-4)14(12-21)10-16(22)20(2)3/h5-6,8,14-15H,7,9-12H2,1-4H3,(H,18,19)/t14-,15-/m1/s1. The molecule has 0 unspecified atom stereocenters. The molecule has 1 saturated heterocycles. The molecule has 0 aromatic carbocycles. The number of likely N-dealkylation sites (tertiary alicyclic amines) is 1. The molecule has 1 aliphatic heterocycles. The van der Waals surface area contributed by atoms with E-state index >= 15 is 0 Å². The number of rotatable bonds is 6. The van der Waals surface area contributed by atoms with Crippen molar-refractivity contribution in [3.8, 4) is 0 Å². The molecule has 1 aliphatic rings.